The average Bonchev–Trinajstić information content (AvgIpc) is 3.41. The van der Waals surface area contributed by atoms with Crippen molar-refractivity contribution < 1.29 is 9.21 Å². The number of rotatable bonds is 4. The van der Waals surface area contributed by atoms with Gasteiger partial charge in [-0.1, -0.05) is 23.7 Å². The minimum absolute atomic E-state index is 0.172. The lowest BCUT2D eigenvalue weighted by Gasteiger charge is -2.08. The Morgan fingerprint density at radius 2 is 1.94 bits per heavy atom. The highest BCUT2D eigenvalue weighted by Crippen LogP contribution is 2.34. The molecule has 0 atom stereocenters. The van der Waals surface area contributed by atoms with Crippen molar-refractivity contribution in [3.8, 4) is 22.7 Å². The number of nitrogens with one attached hydrogen (secondary N) is 2. The number of halogens is 2. The van der Waals surface area contributed by atoms with Gasteiger partial charge in [0, 0.05) is 25.4 Å². The molecule has 2 N–H and O–H groups in total. The molecule has 0 aliphatic carbocycles. The van der Waals surface area contributed by atoms with Gasteiger partial charge in [-0.15, -0.1) is 0 Å². The number of amides is 1. The first-order valence-electron chi connectivity index (χ1n) is 9.76. The quantitative estimate of drug-likeness (QED) is 0.242. The molecule has 8 heteroatoms. The number of nitrogens with zero attached hydrogens (tertiary/aromatic N) is 2. The molecule has 5 aromatic rings. The predicted molar refractivity (Wildman–Crippen MR) is 134 cm³/mol. The van der Waals surface area contributed by atoms with Gasteiger partial charge >= 0.3 is 0 Å². The summed E-state index contributed by atoms with van der Waals surface area (Å²) in [5.74, 6) is 0.272. The van der Waals surface area contributed by atoms with Crippen LogP contribution in [0, 0.1) is 10.5 Å². The van der Waals surface area contributed by atoms with Gasteiger partial charge in [-0.25, -0.2) is 4.98 Å². The molecular formula is C24H16ClIN4O2. The van der Waals surface area contributed by atoms with Gasteiger partial charge in [0.2, 0.25) is 5.89 Å². The molecule has 3 aromatic carbocycles. The van der Waals surface area contributed by atoms with Crippen molar-refractivity contribution in [2.24, 2.45) is 0 Å². The van der Waals surface area contributed by atoms with E-state index in [1.807, 2.05) is 49.4 Å². The molecule has 1 amide bonds. The van der Waals surface area contributed by atoms with Crippen LogP contribution < -0.4 is 5.32 Å². The summed E-state index contributed by atoms with van der Waals surface area (Å²) in [5, 5.41) is 10.8. The molecule has 32 heavy (non-hydrogen) atoms. The van der Waals surface area contributed by atoms with Crippen LogP contribution in [0.15, 0.2) is 71.3 Å². The summed E-state index contributed by atoms with van der Waals surface area (Å²) in [7, 11) is 0. The lowest BCUT2D eigenvalue weighted by Crippen LogP contribution is -2.11. The fraction of sp³-hybridized carbons (Fsp3) is 0.0417. The molecule has 2 heterocycles. The molecule has 0 bridgehead atoms. The second-order valence-electron chi connectivity index (χ2n) is 7.29. The lowest BCUT2D eigenvalue weighted by atomic mass is 10.1. The Bertz CT molecular complexity index is 1420. The fourth-order valence-electron chi connectivity index (χ4n) is 3.39. The zero-order chi connectivity index (χ0) is 22.2. The number of carbonyl (C=O) groups is 1. The number of anilines is 1. The molecule has 0 aliphatic rings. The molecular weight excluding hydrogens is 539 g/mol. The molecule has 5 rings (SSSR count). The molecule has 0 unspecified atom stereocenters. The molecule has 0 aliphatic heterocycles. The van der Waals surface area contributed by atoms with E-state index in [2.05, 4.69) is 43.1 Å². The number of oxazole rings is 1. The van der Waals surface area contributed by atoms with Crippen molar-refractivity contribution in [2.75, 3.05) is 5.32 Å². The molecule has 0 spiro atoms. The second kappa shape index (κ2) is 8.40. The van der Waals surface area contributed by atoms with Crippen molar-refractivity contribution in [2.45, 2.75) is 6.92 Å². The number of hydrogen-bond acceptors (Lipinski definition) is 4. The topological polar surface area (TPSA) is 83.8 Å². The van der Waals surface area contributed by atoms with E-state index in [0.717, 1.165) is 26.0 Å². The van der Waals surface area contributed by atoms with Gasteiger partial charge in [0.25, 0.3) is 5.91 Å². The standard InChI is InChI=1S/C24H16ClIN4O2/c1-13-9-21-20(11-19(13)25)29-24(32-21)18-12-27-30-22(18)15-3-2-4-17(10-15)28-23(31)14-5-7-16(26)8-6-14/h2-12H,1H3,(H,27,30)(H,28,31). The third kappa shape index (κ3) is 4.01. The van der Waals surface area contributed by atoms with Gasteiger partial charge in [-0.2, -0.15) is 5.10 Å². The summed E-state index contributed by atoms with van der Waals surface area (Å²) in [6.07, 6.45) is 1.67. The maximum absolute atomic E-state index is 12.6. The zero-order valence-corrected chi connectivity index (χ0v) is 19.7. The Morgan fingerprint density at radius 3 is 2.75 bits per heavy atom. The summed E-state index contributed by atoms with van der Waals surface area (Å²) >= 11 is 8.43. The first-order valence-corrected chi connectivity index (χ1v) is 11.2. The lowest BCUT2D eigenvalue weighted by molar-refractivity contribution is 0.102. The number of hydrogen-bond donors (Lipinski definition) is 2. The largest absolute Gasteiger partial charge is 0.436 e. The van der Waals surface area contributed by atoms with E-state index in [4.69, 9.17) is 16.0 Å². The minimum atomic E-state index is -0.172. The number of aryl methyl sites for hydroxylation is 1. The van der Waals surface area contributed by atoms with E-state index in [1.165, 1.54) is 0 Å². The first-order chi connectivity index (χ1) is 15.5. The second-order valence-corrected chi connectivity index (χ2v) is 8.94. The normalized spacial score (nSPS) is 11.1. The number of benzene rings is 3. The van der Waals surface area contributed by atoms with Crippen LogP contribution in [0.1, 0.15) is 15.9 Å². The average molecular weight is 555 g/mol. The predicted octanol–water partition coefficient (Wildman–Crippen LogP) is 6.70. The summed E-state index contributed by atoms with van der Waals surface area (Å²) in [6.45, 7) is 1.92. The number of fused-ring (bicyclic) bond motifs is 1. The van der Waals surface area contributed by atoms with E-state index in [1.54, 1.807) is 24.4 Å². The van der Waals surface area contributed by atoms with E-state index in [0.29, 0.717) is 33.3 Å². The number of H-pyrrole nitrogens is 1. The highest BCUT2D eigenvalue weighted by Gasteiger charge is 2.17. The third-order valence-corrected chi connectivity index (χ3v) is 6.18. The summed E-state index contributed by atoms with van der Waals surface area (Å²) in [5.41, 5.74) is 5.83. The van der Waals surface area contributed by atoms with Gasteiger partial charge in [0.15, 0.2) is 5.58 Å². The van der Waals surface area contributed by atoms with Crippen molar-refractivity contribution in [3.05, 3.63) is 86.6 Å². The van der Waals surface area contributed by atoms with E-state index >= 15 is 0 Å². The molecule has 0 radical (unpaired) electrons. The molecule has 0 saturated heterocycles. The monoisotopic (exact) mass is 554 g/mol. The minimum Gasteiger partial charge on any atom is -0.436 e. The van der Waals surface area contributed by atoms with Gasteiger partial charge in [-0.3, -0.25) is 9.89 Å². The van der Waals surface area contributed by atoms with Crippen molar-refractivity contribution in [3.63, 3.8) is 0 Å². The molecule has 0 saturated carbocycles. The van der Waals surface area contributed by atoms with Crippen molar-refractivity contribution in [1.29, 1.82) is 0 Å². The summed E-state index contributed by atoms with van der Waals surface area (Å²) < 4.78 is 7.05. The van der Waals surface area contributed by atoms with Crippen LogP contribution in [-0.4, -0.2) is 21.1 Å². The van der Waals surface area contributed by atoms with Crippen LogP contribution in [0.5, 0.6) is 0 Å². The van der Waals surface area contributed by atoms with Crippen LogP contribution in [0.3, 0.4) is 0 Å². The van der Waals surface area contributed by atoms with Crippen LogP contribution in [0.25, 0.3) is 33.8 Å². The maximum atomic E-state index is 12.6. The number of carbonyl (C=O) groups excluding carboxylic acids is 1. The highest BCUT2D eigenvalue weighted by molar-refractivity contribution is 14.1. The zero-order valence-electron chi connectivity index (χ0n) is 16.8. The SMILES string of the molecule is Cc1cc2oc(-c3cn[nH]c3-c3cccc(NC(=O)c4ccc(I)cc4)c3)nc2cc1Cl. The Morgan fingerprint density at radius 1 is 1.12 bits per heavy atom. The van der Waals surface area contributed by atoms with Gasteiger partial charge in [-0.05, 0) is 83.6 Å². The van der Waals surface area contributed by atoms with Crippen LogP contribution in [0.4, 0.5) is 5.69 Å². The van der Waals surface area contributed by atoms with Crippen molar-refractivity contribution >= 4 is 56.9 Å². The summed E-state index contributed by atoms with van der Waals surface area (Å²) in [4.78, 5) is 17.2. The van der Waals surface area contributed by atoms with Crippen LogP contribution >= 0.6 is 34.2 Å². The van der Waals surface area contributed by atoms with E-state index < -0.39 is 0 Å². The van der Waals surface area contributed by atoms with Gasteiger partial charge in [0.1, 0.15) is 5.52 Å². The fourth-order valence-corrected chi connectivity index (χ4v) is 3.91. The van der Waals surface area contributed by atoms with E-state index in [-0.39, 0.29) is 5.91 Å². The molecule has 2 aromatic heterocycles. The third-order valence-electron chi connectivity index (χ3n) is 5.05. The van der Waals surface area contributed by atoms with Crippen LogP contribution in [0.2, 0.25) is 5.02 Å². The van der Waals surface area contributed by atoms with Gasteiger partial charge < -0.3 is 9.73 Å². The van der Waals surface area contributed by atoms with E-state index in [9.17, 15) is 4.79 Å². The maximum Gasteiger partial charge on any atom is 0.255 e. The molecule has 0 fully saturated rings. The Hall–Kier alpha value is -3.17. The van der Waals surface area contributed by atoms with Gasteiger partial charge in [0.05, 0.1) is 17.5 Å². The first kappa shape index (κ1) is 20.7. The molecule has 158 valence electrons. The summed E-state index contributed by atoms with van der Waals surface area (Å²) in [6, 6.07) is 18.6. The van der Waals surface area contributed by atoms with Crippen molar-refractivity contribution in [1.82, 2.24) is 15.2 Å². The smallest absolute Gasteiger partial charge is 0.255 e. The Kier molecular flexibility index (Phi) is 5.44. The Balaban J connectivity index is 1.46. The Labute approximate surface area is 202 Å². The highest BCUT2D eigenvalue weighted by atomic mass is 127. The van der Waals surface area contributed by atoms with Crippen LogP contribution in [-0.2, 0) is 0 Å². The number of aromatic amines is 1. The molecule has 6 nitrogen and oxygen atoms in total. The number of aromatic nitrogens is 3.